The molecule has 0 amide bonds. The van der Waals surface area contributed by atoms with Crippen molar-refractivity contribution < 1.29 is 13.5 Å². The zero-order chi connectivity index (χ0) is 16.6. The molecule has 1 N–H and O–H groups in total. The van der Waals surface area contributed by atoms with Crippen molar-refractivity contribution in [2.24, 2.45) is 5.92 Å². The van der Waals surface area contributed by atoms with Crippen molar-refractivity contribution >= 4 is 18.1 Å². The van der Waals surface area contributed by atoms with Crippen molar-refractivity contribution in [1.29, 1.82) is 0 Å². The maximum absolute atomic E-state index is 12.4. The van der Waals surface area contributed by atoms with Gasteiger partial charge in [0, 0.05) is 0 Å². The molecule has 2 atom stereocenters. The zero-order valence-corrected chi connectivity index (χ0v) is 15.9. The van der Waals surface area contributed by atoms with Crippen molar-refractivity contribution in [2.45, 2.75) is 90.6 Å². The second-order valence-electron chi connectivity index (χ2n) is 8.36. The topological polar surface area (TPSA) is 47.6 Å². The van der Waals surface area contributed by atoms with Crippen LogP contribution >= 0.6 is 0 Å². The quantitative estimate of drug-likeness (QED) is 0.793. The highest BCUT2D eigenvalue weighted by atomic mass is 32.2. The molecule has 1 fully saturated rings. The number of hydrogen-bond acceptors (Lipinski definition) is 3. The highest BCUT2D eigenvalue weighted by molar-refractivity contribution is 7.84. The van der Waals surface area contributed by atoms with Crippen LogP contribution in [0.3, 0.4) is 0 Å². The van der Waals surface area contributed by atoms with E-state index in [2.05, 4.69) is 18.6 Å². The van der Waals surface area contributed by atoms with Crippen LogP contribution in [0.4, 0.5) is 0 Å². The van der Waals surface area contributed by atoms with Crippen molar-refractivity contribution in [3.05, 3.63) is 0 Å². The van der Waals surface area contributed by atoms with Crippen molar-refractivity contribution in [1.82, 2.24) is 4.72 Å². The monoisotopic (exact) mass is 317 g/mol. The van der Waals surface area contributed by atoms with E-state index in [-0.39, 0.29) is 29.0 Å². The molecule has 1 saturated heterocycles. The Morgan fingerprint density at radius 3 is 1.86 bits per heavy atom. The molecule has 1 heterocycles. The molecule has 0 bridgehead atoms. The summed E-state index contributed by atoms with van der Waals surface area (Å²) in [5.41, 5.74) is -0.727. The lowest BCUT2D eigenvalue weighted by Crippen LogP contribution is -2.50. The van der Waals surface area contributed by atoms with E-state index in [1.54, 1.807) is 0 Å². The van der Waals surface area contributed by atoms with E-state index >= 15 is 0 Å². The van der Waals surface area contributed by atoms with Crippen LogP contribution in [0.5, 0.6) is 0 Å². The molecule has 1 rings (SSSR count). The summed E-state index contributed by atoms with van der Waals surface area (Å²) in [6, 6.07) is 0. The second kappa shape index (κ2) is 6.30. The predicted octanol–water partition coefficient (Wildman–Crippen LogP) is 3.08. The van der Waals surface area contributed by atoms with Crippen LogP contribution in [0.15, 0.2) is 0 Å². The summed E-state index contributed by atoms with van der Waals surface area (Å²) in [6.45, 7) is 18.4. The molecule has 0 radical (unpaired) electrons. The van der Waals surface area contributed by atoms with Crippen LogP contribution in [-0.2, 0) is 20.3 Å². The Morgan fingerprint density at radius 2 is 1.52 bits per heavy atom. The first kappa shape index (κ1) is 19.1. The Labute approximate surface area is 133 Å². The Morgan fingerprint density at radius 1 is 1.10 bits per heavy atom. The molecule has 1 aliphatic rings. The predicted molar refractivity (Wildman–Crippen MR) is 90.4 cm³/mol. The maximum atomic E-state index is 12.4. The third kappa shape index (κ3) is 4.78. The molecular formula is C15H32BNO3S. The first-order chi connectivity index (χ1) is 9.26. The fourth-order valence-electron chi connectivity index (χ4n) is 2.09. The molecule has 4 nitrogen and oxygen atoms in total. The van der Waals surface area contributed by atoms with Gasteiger partial charge >= 0.3 is 7.12 Å². The van der Waals surface area contributed by atoms with E-state index in [4.69, 9.17) is 9.31 Å². The average molecular weight is 317 g/mol. The van der Waals surface area contributed by atoms with Crippen molar-refractivity contribution in [3.8, 4) is 0 Å². The van der Waals surface area contributed by atoms with Gasteiger partial charge in [-0.2, -0.15) is 0 Å². The minimum absolute atomic E-state index is 0.0777. The van der Waals surface area contributed by atoms with E-state index in [1.165, 1.54) is 0 Å². The van der Waals surface area contributed by atoms with Gasteiger partial charge in [-0.3, -0.25) is 0 Å². The highest BCUT2D eigenvalue weighted by Crippen LogP contribution is 2.38. The third-order valence-electron chi connectivity index (χ3n) is 4.14. The Kier molecular flexibility index (Phi) is 5.75. The fraction of sp³-hybridized carbons (Fsp3) is 1.00. The summed E-state index contributed by atoms with van der Waals surface area (Å²) in [6.07, 6.45) is 0.860. The van der Waals surface area contributed by atoms with Gasteiger partial charge < -0.3 is 9.31 Å². The number of rotatable bonds is 5. The van der Waals surface area contributed by atoms with Crippen LogP contribution in [0.25, 0.3) is 0 Å². The van der Waals surface area contributed by atoms with Gasteiger partial charge in [-0.25, -0.2) is 8.93 Å². The molecule has 0 aromatic rings. The van der Waals surface area contributed by atoms with Gasteiger partial charge in [0.05, 0.1) is 32.9 Å². The lowest BCUT2D eigenvalue weighted by atomic mass is 9.75. The van der Waals surface area contributed by atoms with E-state index < -0.39 is 11.0 Å². The van der Waals surface area contributed by atoms with Crippen LogP contribution in [-0.4, -0.2) is 33.2 Å². The summed E-state index contributed by atoms with van der Waals surface area (Å²) in [5, 5.41) is 0. The molecule has 0 aliphatic carbocycles. The smallest absolute Gasteiger partial charge is 0.402 e. The Bertz CT molecular complexity index is 375. The van der Waals surface area contributed by atoms with Gasteiger partial charge in [-0.05, 0) is 60.8 Å². The standard InChI is InChI=1S/C15H32BNO3S/c1-11(2)10-12(17-21(18)13(3,4)5)16-19-14(6,7)15(8,9)20-16/h11-12,17H,10H2,1-9H3/t12-,21?/m0/s1. The molecule has 6 heteroatoms. The normalized spacial score (nSPS) is 24.4. The molecule has 0 spiro atoms. The maximum Gasteiger partial charge on any atom is 0.477 e. The van der Waals surface area contributed by atoms with E-state index in [1.807, 2.05) is 48.5 Å². The van der Waals surface area contributed by atoms with Gasteiger partial charge in [0.2, 0.25) is 0 Å². The largest absolute Gasteiger partial charge is 0.477 e. The second-order valence-corrected chi connectivity index (χ2v) is 10.4. The minimum Gasteiger partial charge on any atom is -0.402 e. The lowest BCUT2D eigenvalue weighted by molar-refractivity contribution is 0.00578. The van der Waals surface area contributed by atoms with Crippen LogP contribution in [0, 0.1) is 5.92 Å². The minimum atomic E-state index is -1.14. The van der Waals surface area contributed by atoms with E-state index in [0.29, 0.717) is 5.92 Å². The van der Waals surface area contributed by atoms with Crippen LogP contribution in [0.1, 0.15) is 68.7 Å². The van der Waals surface area contributed by atoms with Gasteiger partial charge in [-0.15, -0.1) is 0 Å². The molecule has 0 aromatic heterocycles. The molecule has 0 aromatic carbocycles. The summed E-state index contributed by atoms with van der Waals surface area (Å²) < 4.78 is 27.6. The number of hydrogen-bond donors (Lipinski definition) is 1. The van der Waals surface area contributed by atoms with E-state index in [0.717, 1.165) is 6.42 Å². The van der Waals surface area contributed by atoms with Crippen LogP contribution < -0.4 is 4.72 Å². The zero-order valence-electron chi connectivity index (χ0n) is 15.1. The molecule has 1 aliphatic heterocycles. The molecule has 1 unspecified atom stereocenters. The summed E-state index contributed by atoms with van der Waals surface area (Å²) in [5.74, 6) is 0.393. The lowest BCUT2D eigenvalue weighted by Gasteiger charge is -2.32. The first-order valence-corrected chi connectivity index (χ1v) is 8.95. The molecule has 21 heavy (non-hydrogen) atoms. The van der Waals surface area contributed by atoms with Gasteiger partial charge in [0.15, 0.2) is 0 Å². The molecular weight excluding hydrogens is 285 g/mol. The Balaban J connectivity index is 2.88. The average Bonchev–Trinajstić information content (AvgIpc) is 2.45. The van der Waals surface area contributed by atoms with Gasteiger partial charge in [0.25, 0.3) is 0 Å². The molecule has 0 saturated carbocycles. The van der Waals surface area contributed by atoms with Crippen molar-refractivity contribution in [2.75, 3.05) is 0 Å². The highest BCUT2D eigenvalue weighted by Gasteiger charge is 2.54. The molecule has 124 valence electrons. The summed E-state index contributed by atoms with van der Waals surface area (Å²) >= 11 is 0. The summed E-state index contributed by atoms with van der Waals surface area (Å²) in [4.78, 5) is 0. The van der Waals surface area contributed by atoms with Crippen LogP contribution in [0.2, 0.25) is 0 Å². The summed E-state index contributed by atoms with van der Waals surface area (Å²) in [7, 11) is -1.51. The van der Waals surface area contributed by atoms with E-state index in [9.17, 15) is 4.21 Å². The third-order valence-corrected chi connectivity index (χ3v) is 5.77. The SMILES string of the molecule is CC(C)C[C@H](NS(=O)C(C)(C)C)B1OC(C)(C)C(C)(C)O1. The van der Waals surface area contributed by atoms with Gasteiger partial charge in [-0.1, -0.05) is 13.8 Å². The number of nitrogens with one attached hydrogen (secondary N) is 1. The fourth-order valence-corrected chi connectivity index (χ4v) is 2.93. The first-order valence-electron chi connectivity index (χ1n) is 7.80. The Hall–Kier alpha value is 0.0949. The van der Waals surface area contributed by atoms with Gasteiger partial charge in [0.1, 0.15) is 0 Å². The van der Waals surface area contributed by atoms with Crippen molar-refractivity contribution in [3.63, 3.8) is 0 Å².